The standard InChI is InChI=1S/C22H24N6O4/c1-12-15(17-11-23-7-8-27(17)26-12)10-24-9-13-3-2-4-14-19(13)22(32)28(21(14)31)16-5-6-18(29)25-20(16)30/h2-4,16,23-24H,5-11H2,1H3,(H,25,29,30). The third-order valence-corrected chi connectivity index (χ3v) is 6.33. The zero-order valence-corrected chi connectivity index (χ0v) is 17.7. The van der Waals surface area contributed by atoms with Gasteiger partial charge in [-0.2, -0.15) is 5.10 Å². The molecule has 32 heavy (non-hydrogen) atoms. The minimum absolute atomic E-state index is 0.0997. The molecule has 10 nitrogen and oxygen atoms in total. The van der Waals surface area contributed by atoms with Gasteiger partial charge in [0.1, 0.15) is 6.04 Å². The average molecular weight is 436 g/mol. The Labute approximate surface area is 184 Å². The van der Waals surface area contributed by atoms with Crippen LogP contribution in [0.25, 0.3) is 0 Å². The number of carbonyl (C=O) groups excluding carboxylic acids is 4. The summed E-state index contributed by atoms with van der Waals surface area (Å²) in [6.07, 6.45) is 0.242. The third-order valence-electron chi connectivity index (χ3n) is 6.33. The van der Waals surface area contributed by atoms with Gasteiger partial charge in [0.15, 0.2) is 0 Å². The molecule has 3 aliphatic heterocycles. The number of imide groups is 2. The summed E-state index contributed by atoms with van der Waals surface area (Å²) in [4.78, 5) is 50.9. The quantitative estimate of drug-likeness (QED) is 0.563. The number of amides is 4. The number of hydrogen-bond donors (Lipinski definition) is 3. The van der Waals surface area contributed by atoms with E-state index < -0.39 is 23.8 Å². The summed E-state index contributed by atoms with van der Waals surface area (Å²) in [5.74, 6) is -1.97. The topological polar surface area (TPSA) is 125 Å². The second kappa shape index (κ2) is 7.95. The third kappa shape index (κ3) is 3.32. The molecule has 0 aliphatic carbocycles. The van der Waals surface area contributed by atoms with E-state index in [2.05, 4.69) is 21.0 Å². The van der Waals surface area contributed by atoms with E-state index in [0.29, 0.717) is 29.8 Å². The van der Waals surface area contributed by atoms with Crippen LogP contribution in [0.1, 0.15) is 56.1 Å². The molecule has 0 saturated carbocycles. The van der Waals surface area contributed by atoms with E-state index in [-0.39, 0.29) is 18.7 Å². The molecular formula is C22H24N6O4. The van der Waals surface area contributed by atoms with Gasteiger partial charge in [0.05, 0.1) is 29.1 Å². The second-order valence-electron chi connectivity index (χ2n) is 8.30. The van der Waals surface area contributed by atoms with E-state index in [1.165, 1.54) is 0 Å². The van der Waals surface area contributed by atoms with Gasteiger partial charge in [0, 0.05) is 38.2 Å². The van der Waals surface area contributed by atoms with Crippen molar-refractivity contribution in [3.05, 3.63) is 51.8 Å². The molecule has 1 atom stereocenters. The maximum absolute atomic E-state index is 13.2. The van der Waals surface area contributed by atoms with Gasteiger partial charge in [0.2, 0.25) is 11.8 Å². The molecule has 1 aromatic carbocycles. The number of fused-ring (bicyclic) bond motifs is 2. The number of nitrogens with zero attached hydrogens (tertiary/aromatic N) is 3. The van der Waals surface area contributed by atoms with Gasteiger partial charge in [-0.1, -0.05) is 12.1 Å². The Bertz CT molecular complexity index is 1150. The molecule has 1 fully saturated rings. The zero-order chi connectivity index (χ0) is 22.4. The molecule has 166 valence electrons. The Morgan fingerprint density at radius 1 is 1.16 bits per heavy atom. The van der Waals surface area contributed by atoms with Crippen LogP contribution in [0.15, 0.2) is 18.2 Å². The Morgan fingerprint density at radius 3 is 2.81 bits per heavy atom. The number of hydrogen-bond acceptors (Lipinski definition) is 7. The first kappa shape index (κ1) is 20.5. The number of piperidine rings is 1. The zero-order valence-electron chi connectivity index (χ0n) is 17.7. The maximum atomic E-state index is 13.2. The van der Waals surface area contributed by atoms with E-state index in [1.54, 1.807) is 12.1 Å². The fourth-order valence-electron chi connectivity index (χ4n) is 4.73. The summed E-state index contributed by atoms with van der Waals surface area (Å²) in [5.41, 5.74) is 4.59. The van der Waals surface area contributed by atoms with Crippen molar-refractivity contribution in [3.8, 4) is 0 Å². The number of benzene rings is 1. The van der Waals surface area contributed by atoms with Crippen LogP contribution in [0.4, 0.5) is 0 Å². The van der Waals surface area contributed by atoms with Crippen molar-refractivity contribution in [1.29, 1.82) is 0 Å². The Balaban J connectivity index is 1.34. The summed E-state index contributed by atoms with van der Waals surface area (Å²) in [5, 5.41) is 13.6. The van der Waals surface area contributed by atoms with Crippen LogP contribution in [0.3, 0.4) is 0 Å². The van der Waals surface area contributed by atoms with Crippen LogP contribution < -0.4 is 16.0 Å². The molecule has 1 saturated heterocycles. The normalized spacial score (nSPS) is 20.4. The molecule has 3 aliphatic rings. The van der Waals surface area contributed by atoms with Crippen LogP contribution >= 0.6 is 0 Å². The predicted octanol–water partition coefficient (Wildman–Crippen LogP) is -0.0143. The Kier molecular flexibility index (Phi) is 5.10. The lowest BCUT2D eigenvalue weighted by Gasteiger charge is -2.27. The summed E-state index contributed by atoms with van der Waals surface area (Å²) in [7, 11) is 0. The highest BCUT2D eigenvalue weighted by Crippen LogP contribution is 2.30. The van der Waals surface area contributed by atoms with Gasteiger partial charge in [-0.15, -0.1) is 0 Å². The van der Waals surface area contributed by atoms with E-state index in [9.17, 15) is 19.2 Å². The first-order valence-electron chi connectivity index (χ1n) is 10.8. The lowest BCUT2D eigenvalue weighted by molar-refractivity contribution is -0.136. The first-order valence-corrected chi connectivity index (χ1v) is 10.8. The number of nitrogens with one attached hydrogen (secondary N) is 3. The van der Waals surface area contributed by atoms with Crippen molar-refractivity contribution >= 4 is 23.6 Å². The molecular weight excluding hydrogens is 412 g/mol. The number of aromatic nitrogens is 2. The summed E-state index contributed by atoms with van der Waals surface area (Å²) in [6.45, 7) is 5.48. The van der Waals surface area contributed by atoms with E-state index in [0.717, 1.165) is 41.5 Å². The molecule has 1 unspecified atom stereocenters. The van der Waals surface area contributed by atoms with E-state index >= 15 is 0 Å². The number of rotatable bonds is 5. The largest absolute Gasteiger partial charge is 0.309 e. The van der Waals surface area contributed by atoms with Crippen molar-refractivity contribution < 1.29 is 19.2 Å². The van der Waals surface area contributed by atoms with Crippen molar-refractivity contribution in [2.24, 2.45) is 0 Å². The maximum Gasteiger partial charge on any atom is 0.262 e. The fraction of sp³-hybridized carbons (Fsp3) is 0.409. The van der Waals surface area contributed by atoms with Crippen molar-refractivity contribution in [2.75, 3.05) is 6.54 Å². The SMILES string of the molecule is Cc1nn2c(c1CNCc1cccc3c1C(=O)N(C1CCC(=O)NC1=O)C3=O)CNCC2. The lowest BCUT2D eigenvalue weighted by atomic mass is 10.0. The summed E-state index contributed by atoms with van der Waals surface area (Å²) >= 11 is 0. The molecule has 1 aromatic heterocycles. The lowest BCUT2D eigenvalue weighted by Crippen LogP contribution is -2.54. The molecule has 2 aromatic rings. The molecule has 0 bridgehead atoms. The highest BCUT2D eigenvalue weighted by Gasteiger charge is 2.45. The molecule has 10 heteroatoms. The van der Waals surface area contributed by atoms with Gasteiger partial charge < -0.3 is 10.6 Å². The van der Waals surface area contributed by atoms with Gasteiger partial charge in [-0.3, -0.25) is 34.1 Å². The molecule has 4 amide bonds. The highest BCUT2D eigenvalue weighted by atomic mass is 16.2. The summed E-state index contributed by atoms with van der Waals surface area (Å²) < 4.78 is 2.03. The molecule has 5 rings (SSSR count). The van der Waals surface area contributed by atoms with Crippen molar-refractivity contribution in [1.82, 2.24) is 30.6 Å². The molecule has 0 radical (unpaired) electrons. The highest BCUT2D eigenvalue weighted by molar-refractivity contribution is 6.24. The van der Waals surface area contributed by atoms with Gasteiger partial charge in [-0.25, -0.2) is 0 Å². The molecule has 3 N–H and O–H groups in total. The van der Waals surface area contributed by atoms with Crippen LogP contribution in [0.5, 0.6) is 0 Å². The van der Waals surface area contributed by atoms with Gasteiger partial charge in [0.25, 0.3) is 11.8 Å². The van der Waals surface area contributed by atoms with E-state index in [4.69, 9.17) is 0 Å². The number of aryl methyl sites for hydroxylation is 1. The van der Waals surface area contributed by atoms with Gasteiger partial charge >= 0.3 is 0 Å². The van der Waals surface area contributed by atoms with Gasteiger partial charge in [-0.05, 0) is 25.0 Å². The van der Waals surface area contributed by atoms with Crippen LogP contribution in [-0.4, -0.2) is 50.9 Å². The Hall–Kier alpha value is -3.37. The minimum Gasteiger partial charge on any atom is -0.309 e. The fourth-order valence-corrected chi connectivity index (χ4v) is 4.73. The monoisotopic (exact) mass is 436 g/mol. The predicted molar refractivity (Wildman–Crippen MR) is 112 cm³/mol. The van der Waals surface area contributed by atoms with Crippen LogP contribution in [0, 0.1) is 6.92 Å². The smallest absolute Gasteiger partial charge is 0.262 e. The summed E-state index contributed by atoms with van der Waals surface area (Å²) in [6, 6.07) is 4.20. The van der Waals surface area contributed by atoms with Crippen LogP contribution in [0.2, 0.25) is 0 Å². The first-order chi connectivity index (χ1) is 15.5. The van der Waals surface area contributed by atoms with E-state index in [1.807, 2.05) is 17.7 Å². The van der Waals surface area contributed by atoms with Crippen molar-refractivity contribution in [2.45, 2.75) is 52.0 Å². The number of carbonyl (C=O) groups is 4. The van der Waals surface area contributed by atoms with Crippen LogP contribution in [-0.2, 0) is 35.8 Å². The molecule has 4 heterocycles. The Morgan fingerprint density at radius 2 is 2.00 bits per heavy atom. The van der Waals surface area contributed by atoms with Crippen molar-refractivity contribution in [3.63, 3.8) is 0 Å². The molecule has 0 spiro atoms. The average Bonchev–Trinajstić information content (AvgIpc) is 3.22. The minimum atomic E-state index is -0.963. The second-order valence-corrected chi connectivity index (χ2v) is 8.30.